The summed E-state index contributed by atoms with van der Waals surface area (Å²) in [5.74, 6) is -1.38. The molecule has 29 heavy (non-hydrogen) atoms. The van der Waals surface area contributed by atoms with E-state index in [0.29, 0.717) is 12.1 Å². The summed E-state index contributed by atoms with van der Waals surface area (Å²) in [6.07, 6.45) is 3.76. The van der Waals surface area contributed by atoms with Gasteiger partial charge in [0.2, 0.25) is 0 Å². The lowest BCUT2D eigenvalue weighted by molar-refractivity contribution is -0.684. The van der Waals surface area contributed by atoms with Crippen molar-refractivity contribution in [2.24, 2.45) is 0 Å². The predicted molar refractivity (Wildman–Crippen MR) is 112 cm³/mol. The van der Waals surface area contributed by atoms with E-state index in [1.807, 2.05) is 65.5 Å². The van der Waals surface area contributed by atoms with E-state index in [1.165, 1.54) is 0 Å². The Bertz CT molecular complexity index is 843. The SMILES string of the molecule is CC(C)(C)OC(=O)C(C(=O)OC(C)(C)C)=C(C[n+]1ccccc1)c1ccccc1. The van der Waals surface area contributed by atoms with Crippen LogP contribution in [-0.4, -0.2) is 23.1 Å². The fourth-order valence-corrected chi connectivity index (χ4v) is 2.66. The Morgan fingerprint density at radius 3 is 1.66 bits per heavy atom. The zero-order chi connectivity index (χ0) is 21.7. The lowest BCUT2D eigenvalue weighted by atomic mass is 9.98. The first-order valence-corrected chi connectivity index (χ1v) is 9.65. The highest BCUT2D eigenvalue weighted by Crippen LogP contribution is 2.25. The number of hydrogen-bond donors (Lipinski definition) is 0. The van der Waals surface area contributed by atoms with Gasteiger partial charge in [0.25, 0.3) is 0 Å². The van der Waals surface area contributed by atoms with E-state index in [2.05, 4.69) is 0 Å². The third kappa shape index (κ3) is 7.18. The van der Waals surface area contributed by atoms with Gasteiger partial charge in [-0.05, 0) is 47.1 Å². The average molecular weight is 397 g/mol. The van der Waals surface area contributed by atoms with E-state index in [-0.39, 0.29) is 5.57 Å². The van der Waals surface area contributed by atoms with Gasteiger partial charge in [-0.1, -0.05) is 36.4 Å². The number of benzene rings is 1. The topological polar surface area (TPSA) is 56.5 Å². The number of carbonyl (C=O) groups is 2. The van der Waals surface area contributed by atoms with Crippen LogP contribution in [0.5, 0.6) is 0 Å². The first-order valence-electron chi connectivity index (χ1n) is 9.65. The van der Waals surface area contributed by atoms with Crippen molar-refractivity contribution in [1.29, 1.82) is 0 Å². The molecule has 0 atom stereocenters. The number of hydrogen-bond acceptors (Lipinski definition) is 4. The van der Waals surface area contributed by atoms with E-state index >= 15 is 0 Å². The summed E-state index contributed by atoms with van der Waals surface area (Å²) in [5, 5.41) is 0. The molecular weight excluding hydrogens is 366 g/mol. The molecule has 0 unspecified atom stereocenters. The highest BCUT2D eigenvalue weighted by molar-refractivity contribution is 6.20. The lowest BCUT2D eigenvalue weighted by Crippen LogP contribution is -2.36. The normalized spacial score (nSPS) is 11.5. The second-order valence-electron chi connectivity index (χ2n) is 8.77. The monoisotopic (exact) mass is 396 g/mol. The van der Waals surface area contributed by atoms with Crippen LogP contribution in [0.3, 0.4) is 0 Å². The Morgan fingerprint density at radius 1 is 0.759 bits per heavy atom. The minimum atomic E-state index is -0.744. The summed E-state index contributed by atoms with van der Waals surface area (Å²) in [5.41, 5.74) is -0.267. The van der Waals surface area contributed by atoms with Gasteiger partial charge in [0.05, 0.1) is 0 Å². The number of rotatable bonds is 5. The number of pyridine rings is 1. The summed E-state index contributed by atoms with van der Waals surface area (Å²) >= 11 is 0. The molecule has 2 rings (SSSR count). The summed E-state index contributed by atoms with van der Waals surface area (Å²) in [6.45, 7) is 10.9. The highest BCUT2D eigenvalue weighted by atomic mass is 16.6. The molecule has 0 aliphatic heterocycles. The van der Waals surface area contributed by atoms with Crippen LogP contribution in [0.25, 0.3) is 5.57 Å². The molecule has 1 heterocycles. The summed E-state index contributed by atoms with van der Waals surface area (Å²) in [6, 6.07) is 15.1. The van der Waals surface area contributed by atoms with Crippen molar-refractivity contribution in [2.75, 3.05) is 0 Å². The fourth-order valence-electron chi connectivity index (χ4n) is 2.66. The van der Waals surface area contributed by atoms with Crippen LogP contribution in [0.1, 0.15) is 47.1 Å². The van der Waals surface area contributed by atoms with Gasteiger partial charge in [0.15, 0.2) is 24.5 Å². The van der Waals surface area contributed by atoms with Gasteiger partial charge in [-0.3, -0.25) is 0 Å². The molecule has 0 saturated carbocycles. The van der Waals surface area contributed by atoms with E-state index < -0.39 is 23.1 Å². The Kier molecular flexibility index (Phi) is 6.96. The molecule has 0 aliphatic carbocycles. The molecule has 0 aliphatic rings. The molecule has 0 fully saturated rings. The van der Waals surface area contributed by atoms with Crippen LogP contribution in [0.4, 0.5) is 0 Å². The Balaban J connectivity index is 2.66. The van der Waals surface area contributed by atoms with E-state index in [9.17, 15) is 9.59 Å². The molecule has 0 spiro atoms. The Labute approximate surface area is 173 Å². The van der Waals surface area contributed by atoms with Gasteiger partial charge in [-0.25, -0.2) is 14.2 Å². The van der Waals surface area contributed by atoms with Crippen molar-refractivity contribution in [2.45, 2.75) is 59.3 Å². The second kappa shape index (κ2) is 9.03. The zero-order valence-electron chi connectivity index (χ0n) is 18.1. The average Bonchev–Trinajstić information content (AvgIpc) is 2.59. The molecule has 0 bridgehead atoms. The zero-order valence-corrected chi connectivity index (χ0v) is 18.1. The molecule has 1 aromatic carbocycles. The molecule has 154 valence electrons. The lowest BCUT2D eigenvalue weighted by Gasteiger charge is -2.24. The van der Waals surface area contributed by atoms with E-state index in [0.717, 1.165) is 5.56 Å². The number of nitrogens with zero attached hydrogens (tertiary/aromatic N) is 1. The molecular formula is C24H30NO4+. The van der Waals surface area contributed by atoms with E-state index in [1.54, 1.807) is 41.5 Å². The van der Waals surface area contributed by atoms with Gasteiger partial charge in [-0.15, -0.1) is 0 Å². The van der Waals surface area contributed by atoms with Crippen LogP contribution in [0, 0.1) is 0 Å². The number of allylic oxidation sites excluding steroid dienone is 1. The molecule has 0 N–H and O–H groups in total. The van der Waals surface area contributed by atoms with Crippen molar-refractivity contribution in [3.05, 3.63) is 72.1 Å². The molecule has 5 nitrogen and oxygen atoms in total. The van der Waals surface area contributed by atoms with Crippen molar-refractivity contribution in [3.63, 3.8) is 0 Å². The van der Waals surface area contributed by atoms with Gasteiger partial charge >= 0.3 is 11.9 Å². The van der Waals surface area contributed by atoms with Crippen LogP contribution >= 0.6 is 0 Å². The maximum atomic E-state index is 13.1. The second-order valence-corrected chi connectivity index (χ2v) is 8.77. The predicted octanol–water partition coefficient (Wildman–Crippen LogP) is 4.11. The Hall–Kier alpha value is -2.95. The number of aromatic nitrogens is 1. The van der Waals surface area contributed by atoms with Gasteiger partial charge < -0.3 is 9.47 Å². The number of esters is 2. The van der Waals surface area contributed by atoms with Crippen LogP contribution in [-0.2, 0) is 25.6 Å². The molecule has 0 radical (unpaired) electrons. The fraction of sp³-hybridized carbons (Fsp3) is 0.375. The van der Waals surface area contributed by atoms with Crippen molar-refractivity contribution >= 4 is 17.5 Å². The molecule has 0 amide bonds. The summed E-state index contributed by atoms with van der Waals surface area (Å²) < 4.78 is 13.0. The third-order valence-electron chi connectivity index (χ3n) is 3.75. The van der Waals surface area contributed by atoms with Crippen LogP contribution < -0.4 is 4.57 Å². The van der Waals surface area contributed by atoms with Crippen LogP contribution in [0.2, 0.25) is 0 Å². The summed E-state index contributed by atoms with van der Waals surface area (Å²) in [4.78, 5) is 26.2. The van der Waals surface area contributed by atoms with Crippen molar-refractivity contribution in [1.82, 2.24) is 0 Å². The quantitative estimate of drug-likeness (QED) is 0.251. The molecule has 1 aromatic heterocycles. The standard InChI is InChI=1S/C24H30NO4/c1-23(2,3)28-21(26)20(22(27)29-24(4,5)6)19(18-13-9-7-10-14-18)17-25-15-11-8-12-16-25/h7-16H,17H2,1-6H3/q+1. The first-order chi connectivity index (χ1) is 13.5. The largest absolute Gasteiger partial charge is 0.456 e. The van der Waals surface area contributed by atoms with Gasteiger partial charge in [-0.2, -0.15) is 0 Å². The third-order valence-corrected chi connectivity index (χ3v) is 3.75. The van der Waals surface area contributed by atoms with Crippen LogP contribution in [0.15, 0.2) is 66.5 Å². The number of ether oxygens (including phenoxy) is 2. The van der Waals surface area contributed by atoms with Crippen molar-refractivity contribution < 1.29 is 23.6 Å². The van der Waals surface area contributed by atoms with E-state index in [4.69, 9.17) is 9.47 Å². The van der Waals surface area contributed by atoms with Gasteiger partial charge in [0, 0.05) is 17.7 Å². The minimum Gasteiger partial charge on any atom is -0.456 e. The summed E-state index contributed by atoms with van der Waals surface area (Å²) in [7, 11) is 0. The first kappa shape index (κ1) is 22.3. The molecule has 2 aromatic rings. The molecule has 0 saturated heterocycles. The smallest absolute Gasteiger partial charge is 0.346 e. The maximum absolute atomic E-state index is 13.1. The number of carbonyl (C=O) groups excluding carboxylic acids is 2. The van der Waals surface area contributed by atoms with Crippen molar-refractivity contribution in [3.8, 4) is 0 Å². The van der Waals surface area contributed by atoms with Gasteiger partial charge in [0.1, 0.15) is 11.2 Å². The Morgan fingerprint density at radius 2 is 1.21 bits per heavy atom. The minimum absolute atomic E-state index is 0.0857. The highest BCUT2D eigenvalue weighted by Gasteiger charge is 2.33. The maximum Gasteiger partial charge on any atom is 0.346 e. The molecule has 5 heteroatoms.